The summed E-state index contributed by atoms with van der Waals surface area (Å²) >= 11 is 2.90. The van der Waals surface area contributed by atoms with Gasteiger partial charge in [-0.25, -0.2) is 4.39 Å². The molecule has 0 unspecified atom stereocenters. The molecule has 4 heteroatoms. The molecule has 11 heavy (non-hydrogen) atoms. The lowest BCUT2D eigenvalue weighted by molar-refractivity contribution is 0.471. The summed E-state index contributed by atoms with van der Waals surface area (Å²) in [4.78, 5) is 0. The summed E-state index contributed by atoms with van der Waals surface area (Å²) in [6.07, 6.45) is 0. The molecule has 0 saturated carbocycles. The largest absolute Gasteiger partial charge is 0.505 e. The first-order chi connectivity index (χ1) is 5.04. The highest BCUT2D eigenvalue weighted by Gasteiger charge is 2.10. The summed E-state index contributed by atoms with van der Waals surface area (Å²) in [6.45, 7) is 1.58. The quantitative estimate of drug-likeness (QED) is 0.520. The van der Waals surface area contributed by atoms with Crippen molar-refractivity contribution in [2.75, 3.05) is 5.73 Å². The van der Waals surface area contributed by atoms with Crippen molar-refractivity contribution in [1.82, 2.24) is 0 Å². The molecule has 0 amide bonds. The minimum Gasteiger partial charge on any atom is -0.505 e. The molecule has 0 fully saturated rings. The Morgan fingerprint density at radius 1 is 1.64 bits per heavy atom. The molecule has 0 atom stereocenters. The van der Waals surface area contributed by atoms with Crippen LogP contribution in [0.5, 0.6) is 5.75 Å². The third-order valence-electron chi connectivity index (χ3n) is 1.42. The Balaban J connectivity index is 3.46. The fourth-order valence-electron chi connectivity index (χ4n) is 0.767. The van der Waals surface area contributed by atoms with Crippen LogP contribution in [0.15, 0.2) is 10.5 Å². The molecule has 0 heterocycles. The molecular formula is C7H7BrFNO. The number of phenols is 1. The zero-order valence-electron chi connectivity index (χ0n) is 5.86. The second-order valence-electron chi connectivity index (χ2n) is 2.25. The number of benzene rings is 1. The Morgan fingerprint density at radius 3 is 2.73 bits per heavy atom. The van der Waals surface area contributed by atoms with E-state index < -0.39 is 5.82 Å². The summed E-state index contributed by atoms with van der Waals surface area (Å²) in [5.74, 6) is -0.531. The molecule has 0 spiro atoms. The van der Waals surface area contributed by atoms with Gasteiger partial charge in [0.2, 0.25) is 0 Å². The van der Waals surface area contributed by atoms with Crippen LogP contribution in [-0.4, -0.2) is 5.11 Å². The van der Waals surface area contributed by atoms with Crippen LogP contribution in [-0.2, 0) is 0 Å². The molecule has 1 rings (SSSR count). The van der Waals surface area contributed by atoms with E-state index >= 15 is 0 Å². The second kappa shape index (κ2) is 2.70. The first-order valence-corrected chi connectivity index (χ1v) is 3.76. The van der Waals surface area contributed by atoms with Gasteiger partial charge in [0, 0.05) is 0 Å². The van der Waals surface area contributed by atoms with Crippen molar-refractivity contribution in [1.29, 1.82) is 0 Å². The van der Waals surface area contributed by atoms with Crippen molar-refractivity contribution >= 4 is 21.6 Å². The lowest BCUT2D eigenvalue weighted by Crippen LogP contribution is -1.92. The van der Waals surface area contributed by atoms with Crippen molar-refractivity contribution < 1.29 is 9.50 Å². The fraction of sp³-hybridized carbons (Fsp3) is 0.143. The SMILES string of the molecule is Cc1cc(F)c(Br)c(N)c1O. The number of nitrogens with two attached hydrogens (primary N) is 1. The third-order valence-corrected chi connectivity index (χ3v) is 2.22. The van der Waals surface area contributed by atoms with E-state index in [9.17, 15) is 9.50 Å². The Hall–Kier alpha value is -0.770. The number of aryl methyl sites for hydroxylation is 1. The molecule has 0 aliphatic heterocycles. The van der Waals surface area contributed by atoms with Gasteiger partial charge in [-0.1, -0.05) is 0 Å². The van der Waals surface area contributed by atoms with Gasteiger partial charge in [0.15, 0.2) is 0 Å². The molecule has 1 aromatic rings. The van der Waals surface area contributed by atoms with Crippen LogP contribution < -0.4 is 5.73 Å². The predicted octanol–water partition coefficient (Wildman–Crippen LogP) is 2.18. The van der Waals surface area contributed by atoms with E-state index in [1.165, 1.54) is 6.07 Å². The predicted molar refractivity (Wildman–Crippen MR) is 44.9 cm³/mol. The number of nitrogen functional groups attached to an aromatic ring is 1. The van der Waals surface area contributed by atoms with Gasteiger partial charge in [-0.3, -0.25) is 0 Å². The molecule has 3 N–H and O–H groups in total. The van der Waals surface area contributed by atoms with E-state index in [0.29, 0.717) is 5.56 Å². The molecule has 0 saturated heterocycles. The smallest absolute Gasteiger partial charge is 0.142 e. The maximum Gasteiger partial charge on any atom is 0.142 e. The summed E-state index contributed by atoms with van der Waals surface area (Å²) in [6, 6.07) is 1.22. The van der Waals surface area contributed by atoms with Gasteiger partial charge >= 0.3 is 0 Å². The zero-order chi connectivity index (χ0) is 8.59. The minimum atomic E-state index is -0.460. The Labute approximate surface area is 72.0 Å². The maximum atomic E-state index is 12.8. The van der Waals surface area contributed by atoms with E-state index in [4.69, 9.17) is 5.73 Å². The van der Waals surface area contributed by atoms with Gasteiger partial charge < -0.3 is 10.8 Å². The monoisotopic (exact) mass is 219 g/mol. The summed E-state index contributed by atoms with van der Waals surface area (Å²) in [5, 5.41) is 9.19. The van der Waals surface area contributed by atoms with E-state index in [-0.39, 0.29) is 15.9 Å². The van der Waals surface area contributed by atoms with Gasteiger partial charge in [-0.15, -0.1) is 0 Å². The van der Waals surface area contributed by atoms with Crippen molar-refractivity contribution in [2.45, 2.75) is 6.92 Å². The molecule has 0 bridgehead atoms. The van der Waals surface area contributed by atoms with Crippen LogP contribution in [0.25, 0.3) is 0 Å². The number of rotatable bonds is 0. The van der Waals surface area contributed by atoms with Crippen molar-refractivity contribution in [3.63, 3.8) is 0 Å². The van der Waals surface area contributed by atoms with Crippen molar-refractivity contribution in [3.8, 4) is 5.75 Å². The van der Waals surface area contributed by atoms with Crippen LogP contribution in [0.2, 0.25) is 0 Å². The van der Waals surface area contributed by atoms with E-state index in [1.54, 1.807) is 6.92 Å². The highest BCUT2D eigenvalue weighted by molar-refractivity contribution is 9.10. The standard InChI is InChI=1S/C7H7BrFNO/c1-3-2-4(9)5(8)6(10)7(3)11/h2,11H,10H2,1H3. The number of aromatic hydroxyl groups is 1. The lowest BCUT2D eigenvalue weighted by atomic mass is 10.2. The van der Waals surface area contributed by atoms with Crippen LogP contribution >= 0.6 is 15.9 Å². The number of hydrogen-bond donors (Lipinski definition) is 2. The Bertz CT molecular complexity index is 275. The van der Waals surface area contributed by atoms with Gasteiger partial charge in [0.05, 0.1) is 10.2 Å². The topological polar surface area (TPSA) is 46.2 Å². The normalized spacial score (nSPS) is 10.1. The summed E-state index contributed by atoms with van der Waals surface area (Å²) in [5.41, 5.74) is 5.82. The first-order valence-electron chi connectivity index (χ1n) is 2.97. The molecule has 1 aromatic carbocycles. The zero-order valence-corrected chi connectivity index (χ0v) is 7.44. The molecule has 0 aliphatic carbocycles. The molecule has 0 radical (unpaired) electrons. The van der Waals surface area contributed by atoms with Crippen LogP contribution in [0, 0.1) is 12.7 Å². The number of phenolic OH excluding ortho intramolecular Hbond substituents is 1. The number of hydrogen-bond acceptors (Lipinski definition) is 2. The van der Waals surface area contributed by atoms with Crippen LogP contribution in [0.4, 0.5) is 10.1 Å². The molecule has 2 nitrogen and oxygen atoms in total. The van der Waals surface area contributed by atoms with E-state index in [2.05, 4.69) is 15.9 Å². The van der Waals surface area contributed by atoms with E-state index in [0.717, 1.165) is 0 Å². The van der Waals surface area contributed by atoms with Crippen molar-refractivity contribution in [2.24, 2.45) is 0 Å². The number of anilines is 1. The highest BCUT2D eigenvalue weighted by atomic mass is 79.9. The molecule has 0 aromatic heterocycles. The van der Waals surface area contributed by atoms with Gasteiger partial charge in [-0.05, 0) is 34.5 Å². The molecule has 0 aliphatic rings. The van der Waals surface area contributed by atoms with Gasteiger partial charge in [0.1, 0.15) is 11.6 Å². The van der Waals surface area contributed by atoms with Crippen LogP contribution in [0.1, 0.15) is 5.56 Å². The van der Waals surface area contributed by atoms with Crippen molar-refractivity contribution in [3.05, 3.63) is 21.9 Å². The summed E-state index contributed by atoms with van der Waals surface area (Å²) in [7, 11) is 0. The molecular weight excluding hydrogens is 213 g/mol. The number of halogens is 2. The lowest BCUT2D eigenvalue weighted by Gasteiger charge is -2.05. The minimum absolute atomic E-state index is 0.0440. The second-order valence-corrected chi connectivity index (χ2v) is 3.04. The Kier molecular flexibility index (Phi) is 2.04. The van der Waals surface area contributed by atoms with Crippen LogP contribution in [0.3, 0.4) is 0 Å². The van der Waals surface area contributed by atoms with Gasteiger partial charge in [0.25, 0.3) is 0 Å². The first kappa shape index (κ1) is 8.33. The maximum absolute atomic E-state index is 12.8. The fourth-order valence-corrected chi connectivity index (χ4v) is 1.07. The third kappa shape index (κ3) is 1.30. The summed E-state index contributed by atoms with van der Waals surface area (Å²) < 4.78 is 12.9. The van der Waals surface area contributed by atoms with Gasteiger partial charge in [-0.2, -0.15) is 0 Å². The van der Waals surface area contributed by atoms with E-state index in [1.807, 2.05) is 0 Å². The highest BCUT2D eigenvalue weighted by Crippen LogP contribution is 2.33. The Morgan fingerprint density at radius 2 is 2.18 bits per heavy atom. The average molecular weight is 220 g/mol. The molecule has 60 valence electrons. The average Bonchev–Trinajstić information content (AvgIpc) is 1.97.